The van der Waals surface area contributed by atoms with Crippen LogP contribution in [0.25, 0.3) is 0 Å². The largest absolute Gasteiger partial charge is 0.231 e. The van der Waals surface area contributed by atoms with E-state index >= 15 is 0 Å². The summed E-state index contributed by atoms with van der Waals surface area (Å²) in [5, 5.41) is 5.40. The molecule has 2 nitrogen and oxygen atoms in total. The Bertz CT molecular complexity index is 110. The Morgan fingerprint density at radius 3 is 2.00 bits per heavy atom. The number of nitrogens with one attached hydrogen (secondary N) is 1. The molecule has 0 unspecified atom stereocenters. The number of isocyanates is 1. The second-order valence-corrected chi connectivity index (χ2v) is 1.15. The van der Waals surface area contributed by atoms with Crippen molar-refractivity contribution in [3.63, 3.8) is 0 Å². The van der Waals surface area contributed by atoms with Gasteiger partial charge in [-0.15, -0.1) is 0 Å². The van der Waals surface area contributed by atoms with Gasteiger partial charge < -0.3 is 0 Å². The molecule has 0 fully saturated rings. The highest BCUT2D eigenvalue weighted by atomic mass is 16.1. The fraction of sp³-hybridized carbons (Fsp3) is 0.167. The van der Waals surface area contributed by atoms with Crippen molar-refractivity contribution in [1.82, 2.24) is 0 Å². The standard InChI is InChI=1S/C5H8.CHNO/c1-4-5(2)3;2-1-3/h4H,1-2H2,3H3;2H. The van der Waals surface area contributed by atoms with E-state index in [1.54, 1.807) is 6.08 Å². The second kappa shape index (κ2) is 9.29. The fourth-order valence-electron chi connectivity index (χ4n) is 0. The molecule has 0 radical (unpaired) electrons. The Hall–Kier alpha value is -1.14. The van der Waals surface area contributed by atoms with Crippen molar-refractivity contribution in [2.75, 3.05) is 0 Å². The molecular formula is C6H9NO. The van der Waals surface area contributed by atoms with Gasteiger partial charge in [0.15, 0.2) is 0 Å². The minimum atomic E-state index is 0.750. The Balaban J connectivity index is 0. The van der Waals surface area contributed by atoms with Gasteiger partial charge in [0.2, 0.25) is 6.08 Å². The van der Waals surface area contributed by atoms with Gasteiger partial charge in [-0.05, 0) is 6.92 Å². The van der Waals surface area contributed by atoms with Gasteiger partial charge in [-0.2, -0.15) is 0 Å². The maximum atomic E-state index is 8.35. The van der Waals surface area contributed by atoms with Crippen LogP contribution >= 0.6 is 0 Å². The van der Waals surface area contributed by atoms with E-state index in [4.69, 9.17) is 10.2 Å². The van der Waals surface area contributed by atoms with E-state index in [1.165, 1.54) is 0 Å². The first-order chi connectivity index (χ1) is 3.68. The predicted molar refractivity (Wildman–Crippen MR) is 33.4 cm³/mol. The monoisotopic (exact) mass is 111 g/mol. The van der Waals surface area contributed by atoms with Gasteiger partial charge in [0.25, 0.3) is 0 Å². The van der Waals surface area contributed by atoms with E-state index in [1.807, 2.05) is 6.92 Å². The van der Waals surface area contributed by atoms with Crippen molar-refractivity contribution in [1.29, 1.82) is 5.41 Å². The van der Waals surface area contributed by atoms with Crippen LogP contribution in [0, 0.1) is 5.41 Å². The minimum absolute atomic E-state index is 0.750. The maximum Gasteiger partial charge on any atom is 0.231 e. The van der Waals surface area contributed by atoms with Crippen LogP contribution in [-0.4, -0.2) is 6.08 Å². The average molecular weight is 111 g/mol. The Morgan fingerprint density at radius 2 is 2.00 bits per heavy atom. The first-order valence-electron chi connectivity index (χ1n) is 2.00. The number of hydrogen-bond donors (Lipinski definition) is 1. The predicted octanol–water partition coefficient (Wildman–Crippen LogP) is 1.65. The van der Waals surface area contributed by atoms with Crippen LogP contribution < -0.4 is 0 Å². The van der Waals surface area contributed by atoms with Gasteiger partial charge in [0.1, 0.15) is 0 Å². The molecule has 44 valence electrons. The van der Waals surface area contributed by atoms with E-state index in [-0.39, 0.29) is 0 Å². The van der Waals surface area contributed by atoms with Crippen molar-refractivity contribution in [2.24, 2.45) is 0 Å². The van der Waals surface area contributed by atoms with E-state index < -0.39 is 0 Å². The molecule has 0 atom stereocenters. The summed E-state index contributed by atoms with van der Waals surface area (Å²) < 4.78 is 0. The third kappa shape index (κ3) is 97.9. The van der Waals surface area contributed by atoms with Crippen LogP contribution in [0.4, 0.5) is 0 Å². The highest BCUT2D eigenvalue weighted by Crippen LogP contribution is 1.81. The third-order valence-corrected chi connectivity index (χ3v) is 0.348. The topological polar surface area (TPSA) is 40.9 Å². The summed E-state index contributed by atoms with van der Waals surface area (Å²) in [7, 11) is 0. The second-order valence-electron chi connectivity index (χ2n) is 1.15. The summed E-state index contributed by atoms with van der Waals surface area (Å²) in [5.74, 6) is 0. The molecule has 0 rings (SSSR count). The number of hydrogen-bond acceptors (Lipinski definition) is 2. The zero-order chi connectivity index (χ0) is 6.99. The van der Waals surface area contributed by atoms with Crippen molar-refractivity contribution in [2.45, 2.75) is 6.92 Å². The van der Waals surface area contributed by atoms with E-state index in [0.29, 0.717) is 0 Å². The molecule has 0 aliphatic rings. The number of allylic oxidation sites excluding steroid dienone is 2. The summed E-state index contributed by atoms with van der Waals surface area (Å²) in [6.07, 6.45) is 2.47. The van der Waals surface area contributed by atoms with Crippen LogP contribution in [0.5, 0.6) is 0 Å². The zero-order valence-corrected chi connectivity index (χ0v) is 4.90. The van der Waals surface area contributed by atoms with Gasteiger partial charge in [0.05, 0.1) is 0 Å². The zero-order valence-electron chi connectivity index (χ0n) is 4.90. The lowest BCUT2D eigenvalue weighted by atomic mass is 10.4. The summed E-state index contributed by atoms with van der Waals surface area (Å²) in [6, 6.07) is 0. The molecule has 0 aliphatic carbocycles. The lowest BCUT2D eigenvalue weighted by molar-refractivity contribution is 0.563. The van der Waals surface area contributed by atoms with Crippen LogP contribution in [0.15, 0.2) is 24.8 Å². The maximum absolute atomic E-state index is 8.35. The summed E-state index contributed by atoms with van der Waals surface area (Å²) in [4.78, 5) is 8.35. The van der Waals surface area contributed by atoms with Crippen molar-refractivity contribution < 1.29 is 4.79 Å². The molecule has 0 amide bonds. The molecule has 0 aromatic carbocycles. The molecule has 0 aromatic heterocycles. The van der Waals surface area contributed by atoms with Crippen LogP contribution in [0.2, 0.25) is 0 Å². The summed E-state index contributed by atoms with van der Waals surface area (Å²) in [6.45, 7) is 8.93. The molecule has 0 spiro atoms. The summed E-state index contributed by atoms with van der Waals surface area (Å²) in [5.41, 5.74) is 1.02. The van der Waals surface area contributed by atoms with Crippen molar-refractivity contribution in [3.05, 3.63) is 24.8 Å². The van der Waals surface area contributed by atoms with E-state index in [9.17, 15) is 0 Å². The molecule has 0 saturated carbocycles. The molecule has 0 heterocycles. The quantitative estimate of drug-likeness (QED) is 0.312. The molecule has 1 N–H and O–H groups in total. The SMILES string of the molecule is C=CC(=C)C.N=C=O. The normalized spacial score (nSPS) is 5.12. The highest BCUT2D eigenvalue weighted by Gasteiger charge is 1.59. The van der Waals surface area contributed by atoms with Gasteiger partial charge >= 0.3 is 0 Å². The molecule has 0 saturated heterocycles. The lowest BCUT2D eigenvalue weighted by Crippen LogP contribution is -1.50. The van der Waals surface area contributed by atoms with Crippen LogP contribution in [-0.2, 0) is 4.79 Å². The van der Waals surface area contributed by atoms with Gasteiger partial charge in [0, 0.05) is 0 Å². The smallest absolute Gasteiger partial charge is 0.222 e. The van der Waals surface area contributed by atoms with Gasteiger partial charge in [-0.3, -0.25) is 0 Å². The summed E-state index contributed by atoms with van der Waals surface area (Å²) >= 11 is 0. The minimum Gasteiger partial charge on any atom is -0.222 e. The molecule has 2 heteroatoms. The molecule has 0 aromatic rings. The molecular weight excluding hydrogens is 102 g/mol. The van der Waals surface area contributed by atoms with Crippen LogP contribution in [0.1, 0.15) is 6.92 Å². The average Bonchev–Trinajstić information content (AvgIpc) is 1.69. The Labute approximate surface area is 49.0 Å². The molecule has 8 heavy (non-hydrogen) atoms. The first kappa shape index (κ1) is 9.97. The van der Waals surface area contributed by atoms with Crippen molar-refractivity contribution in [3.8, 4) is 0 Å². The molecule has 0 aliphatic heterocycles. The van der Waals surface area contributed by atoms with Crippen LogP contribution in [0.3, 0.4) is 0 Å². The fourth-order valence-corrected chi connectivity index (χ4v) is 0. The number of carbonyl (C=O) groups excluding carboxylic acids is 1. The highest BCUT2D eigenvalue weighted by molar-refractivity contribution is 5.26. The number of rotatable bonds is 1. The third-order valence-electron chi connectivity index (χ3n) is 0.348. The van der Waals surface area contributed by atoms with E-state index in [2.05, 4.69) is 13.2 Å². The molecule has 0 bridgehead atoms. The lowest BCUT2D eigenvalue weighted by Gasteiger charge is -1.71. The Morgan fingerprint density at radius 1 is 1.88 bits per heavy atom. The first-order valence-corrected chi connectivity index (χ1v) is 2.00. The Kier molecular flexibility index (Phi) is 11.6. The van der Waals surface area contributed by atoms with Gasteiger partial charge in [-0.25, -0.2) is 10.2 Å². The van der Waals surface area contributed by atoms with Gasteiger partial charge in [-0.1, -0.05) is 24.8 Å². The van der Waals surface area contributed by atoms with Crippen molar-refractivity contribution >= 4 is 6.08 Å². The van der Waals surface area contributed by atoms with E-state index in [0.717, 1.165) is 11.7 Å².